The molecule has 1 saturated carbocycles. The maximum atomic E-state index is 11.7. The Balaban J connectivity index is 1.98. The third kappa shape index (κ3) is 3.82. The Bertz CT molecular complexity index is 877. The Morgan fingerprint density at radius 1 is 1.16 bits per heavy atom. The van der Waals surface area contributed by atoms with E-state index in [0.29, 0.717) is 11.6 Å². The fourth-order valence-electron chi connectivity index (χ4n) is 3.09. The molecule has 25 heavy (non-hydrogen) atoms. The number of sulfone groups is 1. The molecule has 2 aromatic carbocycles. The van der Waals surface area contributed by atoms with Crippen LogP contribution in [0.1, 0.15) is 30.9 Å². The van der Waals surface area contributed by atoms with E-state index in [4.69, 9.17) is 0 Å². The van der Waals surface area contributed by atoms with Gasteiger partial charge in [-0.15, -0.1) is 0 Å². The molecule has 6 nitrogen and oxygen atoms in total. The highest BCUT2D eigenvalue weighted by Crippen LogP contribution is 2.41. The van der Waals surface area contributed by atoms with Crippen molar-refractivity contribution in [3.63, 3.8) is 0 Å². The Morgan fingerprint density at radius 3 is 2.36 bits per heavy atom. The lowest BCUT2D eigenvalue weighted by atomic mass is 9.77. The maximum absolute atomic E-state index is 11.7. The van der Waals surface area contributed by atoms with Gasteiger partial charge in [0.15, 0.2) is 9.84 Å². The van der Waals surface area contributed by atoms with Crippen molar-refractivity contribution in [1.82, 2.24) is 0 Å². The largest absolute Gasteiger partial charge is 0.372 e. The van der Waals surface area contributed by atoms with Crippen molar-refractivity contribution < 1.29 is 13.3 Å². The molecule has 0 heterocycles. The smallest absolute Gasteiger partial charge is 0.293 e. The number of benzene rings is 2. The van der Waals surface area contributed by atoms with Gasteiger partial charge in [0.25, 0.3) is 5.69 Å². The van der Waals surface area contributed by atoms with Crippen molar-refractivity contribution >= 4 is 21.2 Å². The monoisotopic (exact) mass is 360 g/mol. The van der Waals surface area contributed by atoms with Crippen LogP contribution in [0, 0.1) is 16.0 Å². The highest BCUT2D eigenvalue weighted by atomic mass is 32.2. The van der Waals surface area contributed by atoms with Gasteiger partial charge >= 0.3 is 0 Å². The lowest BCUT2D eigenvalue weighted by Crippen LogP contribution is -2.26. The van der Waals surface area contributed by atoms with Crippen LogP contribution in [0.15, 0.2) is 53.4 Å². The zero-order valence-electron chi connectivity index (χ0n) is 13.9. The summed E-state index contributed by atoms with van der Waals surface area (Å²) in [5.74, 6) is 0.414. The number of nitrogens with one attached hydrogen (secondary N) is 1. The van der Waals surface area contributed by atoms with Gasteiger partial charge in [0, 0.05) is 12.3 Å². The molecule has 0 aliphatic heterocycles. The number of nitro groups is 1. The van der Waals surface area contributed by atoms with Crippen molar-refractivity contribution in [1.29, 1.82) is 0 Å². The highest BCUT2D eigenvalue weighted by molar-refractivity contribution is 7.90. The number of rotatable bonds is 6. The molecule has 1 aliphatic carbocycles. The Labute approximate surface area is 147 Å². The molecule has 132 valence electrons. The van der Waals surface area contributed by atoms with Gasteiger partial charge in [0.1, 0.15) is 5.69 Å². The van der Waals surface area contributed by atoms with Crippen LogP contribution >= 0.6 is 0 Å². The van der Waals surface area contributed by atoms with Crippen molar-refractivity contribution in [2.45, 2.75) is 30.2 Å². The summed E-state index contributed by atoms with van der Waals surface area (Å²) in [4.78, 5) is 10.8. The SMILES string of the molecule is CS(=O)(=O)c1ccc(NC(c2ccccc2)C2CCC2)c([N+](=O)[O-])c1. The third-order valence-electron chi connectivity index (χ3n) is 4.68. The van der Waals surface area contributed by atoms with E-state index in [0.717, 1.165) is 37.1 Å². The molecule has 2 aromatic rings. The van der Waals surface area contributed by atoms with E-state index >= 15 is 0 Å². The summed E-state index contributed by atoms with van der Waals surface area (Å²) in [7, 11) is -3.50. The molecule has 0 amide bonds. The Kier molecular flexibility index (Phi) is 4.76. The van der Waals surface area contributed by atoms with Crippen LogP contribution in [-0.2, 0) is 9.84 Å². The summed E-state index contributed by atoms with van der Waals surface area (Å²) >= 11 is 0. The van der Waals surface area contributed by atoms with Gasteiger partial charge in [-0.3, -0.25) is 10.1 Å². The Hall–Kier alpha value is -2.41. The molecular formula is C18H20N2O4S. The van der Waals surface area contributed by atoms with E-state index < -0.39 is 14.8 Å². The highest BCUT2D eigenvalue weighted by Gasteiger charge is 2.30. The second-order valence-electron chi connectivity index (χ2n) is 6.43. The first-order valence-electron chi connectivity index (χ1n) is 8.16. The van der Waals surface area contributed by atoms with Gasteiger partial charge in [-0.2, -0.15) is 0 Å². The predicted molar refractivity (Wildman–Crippen MR) is 96.4 cm³/mol. The number of nitro benzene ring substituents is 1. The van der Waals surface area contributed by atoms with E-state index in [1.54, 1.807) is 0 Å². The molecular weight excluding hydrogens is 340 g/mol. The van der Waals surface area contributed by atoms with Crippen LogP contribution in [-0.4, -0.2) is 19.6 Å². The summed E-state index contributed by atoms with van der Waals surface area (Å²) < 4.78 is 23.4. The first-order chi connectivity index (χ1) is 11.9. The van der Waals surface area contributed by atoms with Gasteiger partial charge in [0.05, 0.1) is 15.9 Å². The van der Waals surface area contributed by atoms with E-state index in [1.165, 1.54) is 12.1 Å². The number of nitrogens with zero attached hydrogens (tertiary/aromatic N) is 1. The van der Waals surface area contributed by atoms with Gasteiger partial charge < -0.3 is 5.32 Å². The topological polar surface area (TPSA) is 89.3 Å². The van der Waals surface area contributed by atoms with Crippen LogP contribution in [0.3, 0.4) is 0 Å². The summed E-state index contributed by atoms with van der Waals surface area (Å²) in [5.41, 5.74) is 1.20. The Morgan fingerprint density at radius 2 is 1.84 bits per heavy atom. The standard InChI is InChI=1S/C18H20N2O4S/c1-25(23,24)15-10-11-16(17(12-15)20(21)22)19-18(14-8-5-9-14)13-6-3-2-4-7-13/h2-4,6-7,10-12,14,18-19H,5,8-9H2,1H3. The summed E-state index contributed by atoms with van der Waals surface area (Å²) in [5, 5.41) is 14.7. The molecule has 1 unspecified atom stereocenters. The minimum Gasteiger partial charge on any atom is -0.372 e. The number of hydrogen-bond donors (Lipinski definition) is 1. The van der Waals surface area contributed by atoms with Crippen molar-refractivity contribution in [3.05, 3.63) is 64.2 Å². The van der Waals surface area contributed by atoms with E-state index in [1.807, 2.05) is 30.3 Å². The lowest BCUT2D eigenvalue weighted by molar-refractivity contribution is -0.384. The molecule has 0 bridgehead atoms. The minimum atomic E-state index is -3.50. The van der Waals surface area contributed by atoms with Crippen LogP contribution < -0.4 is 5.32 Å². The first kappa shape index (κ1) is 17.4. The number of hydrogen-bond acceptors (Lipinski definition) is 5. The summed E-state index contributed by atoms with van der Waals surface area (Å²) in [6.07, 6.45) is 4.34. The second kappa shape index (κ2) is 6.84. The summed E-state index contributed by atoms with van der Waals surface area (Å²) in [6.45, 7) is 0. The molecule has 3 rings (SSSR count). The molecule has 7 heteroatoms. The molecule has 1 atom stereocenters. The molecule has 1 fully saturated rings. The summed E-state index contributed by atoms with van der Waals surface area (Å²) in [6, 6.07) is 13.8. The molecule has 1 N–H and O–H groups in total. The van der Waals surface area contributed by atoms with Crippen LogP contribution in [0.2, 0.25) is 0 Å². The van der Waals surface area contributed by atoms with Gasteiger partial charge in [0.2, 0.25) is 0 Å². The van der Waals surface area contributed by atoms with Gasteiger partial charge in [-0.25, -0.2) is 8.42 Å². The quantitative estimate of drug-likeness (QED) is 0.622. The fraction of sp³-hybridized carbons (Fsp3) is 0.333. The van der Waals surface area contributed by atoms with E-state index in [-0.39, 0.29) is 16.6 Å². The average Bonchev–Trinajstić information content (AvgIpc) is 2.52. The van der Waals surface area contributed by atoms with Crippen LogP contribution in [0.5, 0.6) is 0 Å². The van der Waals surface area contributed by atoms with Crippen LogP contribution in [0.25, 0.3) is 0 Å². The minimum absolute atomic E-state index is 0.0299. The van der Waals surface area contributed by atoms with Crippen molar-refractivity contribution in [2.24, 2.45) is 5.92 Å². The van der Waals surface area contributed by atoms with Gasteiger partial charge in [-0.05, 0) is 36.5 Å². The van der Waals surface area contributed by atoms with Crippen molar-refractivity contribution in [3.8, 4) is 0 Å². The zero-order valence-corrected chi connectivity index (χ0v) is 14.7. The molecule has 1 aliphatic rings. The molecule has 0 saturated heterocycles. The average molecular weight is 360 g/mol. The van der Waals surface area contributed by atoms with Crippen molar-refractivity contribution in [2.75, 3.05) is 11.6 Å². The molecule has 0 aromatic heterocycles. The molecule has 0 spiro atoms. The third-order valence-corrected chi connectivity index (χ3v) is 5.80. The predicted octanol–water partition coefficient (Wildman–Crippen LogP) is 3.95. The number of anilines is 1. The zero-order chi connectivity index (χ0) is 18.0. The lowest BCUT2D eigenvalue weighted by Gasteiger charge is -2.35. The second-order valence-corrected chi connectivity index (χ2v) is 8.45. The van der Waals surface area contributed by atoms with E-state index in [2.05, 4.69) is 5.32 Å². The van der Waals surface area contributed by atoms with E-state index in [9.17, 15) is 18.5 Å². The van der Waals surface area contributed by atoms with Crippen LogP contribution in [0.4, 0.5) is 11.4 Å². The maximum Gasteiger partial charge on any atom is 0.293 e. The normalized spacial score (nSPS) is 16.0. The molecule has 0 radical (unpaired) electrons. The van der Waals surface area contributed by atoms with Gasteiger partial charge in [-0.1, -0.05) is 36.8 Å². The fourth-order valence-corrected chi connectivity index (χ4v) is 3.73. The first-order valence-corrected chi connectivity index (χ1v) is 10.1.